The molecule has 0 saturated carbocycles. The smallest absolute Gasteiger partial charge is 0.360 e. The number of halogens is 1. The van der Waals surface area contributed by atoms with E-state index < -0.39 is 5.97 Å². The summed E-state index contributed by atoms with van der Waals surface area (Å²) in [5, 5.41) is 9.57. The predicted octanol–water partition coefficient (Wildman–Crippen LogP) is 0.569. The molecule has 0 fully saturated rings. The van der Waals surface area contributed by atoms with E-state index in [0.717, 1.165) is 0 Å². The second-order valence-electron chi connectivity index (χ2n) is 2.39. The van der Waals surface area contributed by atoms with Gasteiger partial charge >= 0.3 is 5.97 Å². The maximum absolute atomic E-state index is 11.0. The summed E-state index contributed by atoms with van der Waals surface area (Å²) < 4.78 is 4.48. The van der Waals surface area contributed by atoms with Gasteiger partial charge in [-0.25, -0.2) is 4.79 Å². The van der Waals surface area contributed by atoms with Gasteiger partial charge in [0.05, 0.1) is 17.8 Å². The Kier molecular flexibility index (Phi) is 3.27. The Morgan fingerprint density at radius 2 is 2.46 bits per heavy atom. The lowest BCUT2D eigenvalue weighted by molar-refractivity contribution is 0.0594. The molecule has 0 aliphatic carbocycles. The molecule has 1 heterocycles. The van der Waals surface area contributed by atoms with E-state index in [1.54, 1.807) is 7.05 Å². The lowest BCUT2D eigenvalue weighted by Gasteiger charge is -1.95. The summed E-state index contributed by atoms with van der Waals surface area (Å²) in [7, 11) is 3.06. The van der Waals surface area contributed by atoms with Gasteiger partial charge in [0.2, 0.25) is 0 Å². The molecule has 0 atom stereocenters. The zero-order valence-corrected chi connectivity index (χ0v) is 8.10. The minimum absolute atomic E-state index is 0.120. The summed E-state index contributed by atoms with van der Waals surface area (Å²) in [6.45, 7) is 0.531. The van der Waals surface area contributed by atoms with Gasteiger partial charge in [-0.15, -0.1) is 0 Å². The molecule has 5 nitrogen and oxygen atoms in total. The summed E-state index contributed by atoms with van der Waals surface area (Å²) in [5.41, 5.74) is 0.791. The Bertz CT molecular complexity index is 311. The topological polar surface area (TPSA) is 67.0 Å². The number of ether oxygens (including phenoxy) is 1. The Balaban J connectivity index is 2.92. The number of hydrogen-bond donors (Lipinski definition) is 2. The third-order valence-electron chi connectivity index (χ3n) is 1.51. The number of nitrogens with zero attached hydrogens (tertiary/aromatic N) is 1. The van der Waals surface area contributed by atoms with E-state index in [0.29, 0.717) is 17.3 Å². The maximum atomic E-state index is 11.0. The number of H-pyrrole nitrogens is 1. The van der Waals surface area contributed by atoms with E-state index in [1.807, 2.05) is 0 Å². The van der Waals surface area contributed by atoms with Crippen molar-refractivity contribution in [2.45, 2.75) is 6.54 Å². The summed E-state index contributed by atoms with van der Waals surface area (Å²) in [5.74, 6) is -0.538. The van der Waals surface area contributed by atoms with Crippen molar-refractivity contribution >= 4 is 17.6 Å². The molecule has 0 aliphatic heterocycles. The van der Waals surface area contributed by atoms with Gasteiger partial charge in [-0.05, 0) is 7.05 Å². The number of aromatic amines is 1. The molecule has 72 valence electrons. The van der Waals surface area contributed by atoms with Gasteiger partial charge in [-0.1, -0.05) is 11.6 Å². The van der Waals surface area contributed by atoms with Crippen LogP contribution in [0.25, 0.3) is 0 Å². The average Bonchev–Trinajstić information content (AvgIpc) is 2.48. The molecule has 6 heteroatoms. The number of hydrogen-bond acceptors (Lipinski definition) is 4. The Hall–Kier alpha value is -1.07. The molecule has 1 aromatic heterocycles. The molecule has 2 N–H and O–H groups in total. The van der Waals surface area contributed by atoms with Crippen molar-refractivity contribution in [3.05, 3.63) is 16.4 Å². The Morgan fingerprint density at radius 1 is 1.77 bits per heavy atom. The number of nitrogens with one attached hydrogen (secondary N) is 2. The lowest BCUT2D eigenvalue weighted by atomic mass is 10.3. The highest BCUT2D eigenvalue weighted by molar-refractivity contribution is 6.33. The van der Waals surface area contributed by atoms with E-state index >= 15 is 0 Å². The van der Waals surface area contributed by atoms with Crippen LogP contribution in [0, 0.1) is 0 Å². The first-order chi connectivity index (χ1) is 6.20. The van der Waals surface area contributed by atoms with Crippen LogP contribution in [0.15, 0.2) is 0 Å². The average molecular weight is 204 g/mol. The summed E-state index contributed by atoms with van der Waals surface area (Å²) >= 11 is 5.84. The zero-order chi connectivity index (χ0) is 9.84. The van der Waals surface area contributed by atoms with E-state index in [2.05, 4.69) is 20.3 Å². The van der Waals surface area contributed by atoms with Gasteiger partial charge in [0.25, 0.3) is 0 Å². The first-order valence-corrected chi connectivity index (χ1v) is 4.04. The van der Waals surface area contributed by atoms with Gasteiger partial charge in [0, 0.05) is 6.54 Å². The number of esters is 1. The minimum atomic E-state index is -0.538. The Labute approximate surface area is 80.4 Å². The second kappa shape index (κ2) is 4.25. The standard InChI is InChI=1S/C7H10ClN3O2/c1-9-3-4-5(8)6(11-10-4)7(12)13-2/h9H,3H2,1-2H3,(H,10,11). The summed E-state index contributed by atoms with van der Waals surface area (Å²) in [4.78, 5) is 11.0. The molecule has 13 heavy (non-hydrogen) atoms. The number of methoxy groups -OCH3 is 1. The highest BCUT2D eigenvalue weighted by Gasteiger charge is 2.17. The predicted molar refractivity (Wildman–Crippen MR) is 47.7 cm³/mol. The van der Waals surface area contributed by atoms with Gasteiger partial charge in [-0.2, -0.15) is 5.10 Å². The van der Waals surface area contributed by atoms with Crippen LogP contribution in [0.5, 0.6) is 0 Å². The van der Waals surface area contributed by atoms with Gasteiger partial charge in [0.1, 0.15) is 0 Å². The lowest BCUT2D eigenvalue weighted by Crippen LogP contribution is -2.06. The molecule has 0 radical (unpaired) electrons. The molecule has 1 rings (SSSR count). The molecule has 0 spiro atoms. The molecule has 0 saturated heterocycles. The molecule has 0 amide bonds. The van der Waals surface area contributed by atoms with Crippen LogP contribution in [-0.4, -0.2) is 30.3 Å². The third-order valence-corrected chi connectivity index (χ3v) is 1.91. The fourth-order valence-electron chi connectivity index (χ4n) is 0.890. The monoisotopic (exact) mass is 203 g/mol. The SMILES string of the molecule is CNCc1[nH]nc(C(=O)OC)c1Cl. The first-order valence-electron chi connectivity index (χ1n) is 3.66. The number of carbonyl (C=O) groups excluding carboxylic acids is 1. The first kappa shape index (κ1) is 10.0. The molecular formula is C7H10ClN3O2. The van der Waals surface area contributed by atoms with Crippen molar-refractivity contribution in [2.75, 3.05) is 14.2 Å². The van der Waals surface area contributed by atoms with Crippen LogP contribution >= 0.6 is 11.6 Å². The van der Waals surface area contributed by atoms with E-state index in [9.17, 15) is 4.79 Å². The minimum Gasteiger partial charge on any atom is -0.464 e. The van der Waals surface area contributed by atoms with Gasteiger partial charge in [0.15, 0.2) is 5.69 Å². The highest BCUT2D eigenvalue weighted by Crippen LogP contribution is 2.18. The van der Waals surface area contributed by atoms with Crippen molar-refractivity contribution in [1.29, 1.82) is 0 Å². The van der Waals surface area contributed by atoms with Crippen molar-refractivity contribution in [2.24, 2.45) is 0 Å². The summed E-state index contributed by atoms with van der Waals surface area (Å²) in [6.07, 6.45) is 0. The highest BCUT2D eigenvalue weighted by atomic mass is 35.5. The van der Waals surface area contributed by atoms with Crippen LogP contribution in [0.4, 0.5) is 0 Å². The van der Waals surface area contributed by atoms with Crippen LogP contribution in [0.3, 0.4) is 0 Å². The third kappa shape index (κ3) is 1.99. The summed E-state index contributed by atoms with van der Waals surface area (Å²) in [6, 6.07) is 0. The number of aromatic nitrogens is 2. The van der Waals surface area contributed by atoms with Crippen LogP contribution < -0.4 is 5.32 Å². The normalized spacial score (nSPS) is 10.1. The second-order valence-corrected chi connectivity index (χ2v) is 2.76. The Morgan fingerprint density at radius 3 is 3.00 bits per heavy atom. The molecule has 1 aromatic rings. The fraction of sp³-hybridized carbons (Fsp3) is 0.429. The molecular weight excluding hydrogens is 194 g/mol. The van der Waals surface area contributed by atoms with Crippen LogP contribution in [-0.2, 0) is 11.3 Å². The van der Waals surface area contributed by atoms with Crippen molar-refractivity contribution < 1.29 is 9.53 Å². The maximum Gasteiger partial charge on any atom is 0.360 e. The molecule has 0 bridgehead atoms. The largest absolute Gasteiger partial charge is 0.464 e. The molecule has 0 aliphatic rings. The van der Waals surface area contributed by atoms with Crippen LogP contribution in [0.1, 0.15) is 16.2 Å². The zero-order valence-electron chi connectivity index (χ0n) is 7.35. The van der Waals surface area contributed by atoms with Gasteiger partial charge < -0.3 is 10.1 Å². The molecule has 0 aromatic carbocycles. The van der Waals surface area contributed by atoms with Gasteiger partial charge in [-0.3, -0.25) is 5.10 Å². The number of rotatable bonds is 3. The number of carbonyl (C=O) groups is 1. The van der Waals surface area contributed by atoms with Crippen LogP contribution in [0.2, 0.25) is 5.02 Å². The van der Waals surface area contributed by atoms with E-state index in [1.165, 1.54) is 7.11 Å². The molecule has 0 unspecified atom stereocenters. The van der Waals surface area contributed by atoms with E-state index in [-0.39, 0.29) is 5.69 Å². The van der Waals surface area contributed by atoms with Crippen molar-refractivity contribution in [3.63, 3.8) is 0 Å². The van der Waals surface area contributed by atoms with E-state index in [4.69, 9.17) is 11.6 Å². The quantitative estimate of drug-likeness (QED) is 0.705. The van der Waals surface area contributed by atoms with Crippen molar-refractivity contribution in [3.8, 4) is 0 Å². The van der Waals surface area contributed by atoms with Crippen molar-refractivity contribution in [1.82, 2.24) is 15.5 Å². The fourth-order valence-corrected chi connectivity index (χ4v) is 1.12.